The van der Waals surface area contributed by atoms with Crippen LogP contribution in [-0.2, 0) is 0 Å². The summed E-state index contributed by atoms with van der Waals surface area (Å²) in [5.41, 5.74) is -0.398. The SMILES string of the molecule is CC1CCCC(C)N1C(=O)c1cc2cc(Cl)cc(Cl)c2oc1=O. The van der Waals surface area contributed by atoms with Crippen LogP contribution < -0.4 is 5.63 Å². The highest BCUT2D eigenvalue weighted by Gasteiger charge is 2.31. The van der Waals surface area contributed by atoms with E-state index in [1.54, 1.807) is 11.0 Å². The van der Waals surface area contributed by atoms with Gasteiger partial charge in [-0.2, -0.15) is 0 Å². The largest absolute Gasteiger partial charge is 0.421 e. The van der Waals surface area contributed by atoms with Crippen LogP contribution in [0.2, 0.25) is 10.0 Å². The van der Waals surface area contributed by atoms with Crippen molar-refractivity contribution in [3.8, 4) is 0 Å². The predicted molar refractivity (Wildman–Crippen MR) is 91.4 cm³/mol. The number of carbonyl (C=O) groups excluding carboxylic acids is 1. The Morgan fingerprint density at radius 2 is 1.83 bits per heavy atom. The molecular weight excluding hydrogens is 337 g/mol. The van der Waals surface area contributed by atoms with E-state index in [-0.39, 0.29) is 34.2 Å². The van der Waals surface area contributed by atoms with Gasteiger partial charge in [0.25, 0.3) is 5.91 Å². The Morgan fingerprint density at radius 1 is 1.17 bits per heavy atom. The van der Waals surface area contributed by atoms with E-state index in [0.29, 0.717) is 10.4 Å². The molecule has 0 N–H and O–H groups in total. The van der Waals surface area contributed by atoms with Gasteiger partial charge in [0.15, 0.2) is 5.58 Å². The highest BCUT2D eigenvalue weighted by molar-refractivity contribution is 6.38. The van der Waals surface area contributed by atoms with Crippen LogP contribution in [0.4, 0.5) is 0 Å². The first-order valence-corrected chi connectivity index (χ1v) is 8.39. The highest BCUT2D eigenvalue weighted by atomic mass is 35.5. The summed E-state index contributed by atoms with van der Waals surface area (Å²) in [6.07, 6.45) is 2.96. The number of rotatable bonds is 1. The molecule has 23 heavy (non-hydrogen) atoms. The first-order chi connectivity index (χ1) is 10.9. The molecule has 1 aromatic heterocycles. The third kappa shape index (κ3) is 2.98. The number of halogens is 2. The van der Waals surface area contributed by atoms with Gasteiger partial charge in [-0.25, -0.2) is 4.79 Å². The van der Waals surface area contributed by atoms with Crippen molar-refractivity contribution in [3.63, 3.8) is 0 Å². The number of carbonyl (C=O) groups is 1. The average Bonchev–Trinajstić information content (AvgIpc) is 2.47. The van der Waals surface area contributed by atoms with Gasteiger partial charge in [-0.1, -0.05) is 23.2 Å². The number of hydrogen-bond donors (Lipinski definition) is 0. The molecule has 0 aliphatic carbocycles. The zero-order chi connectivity index (χ0) is 16.7. The summed E-state index contributed by atoms with van der Waals surface area (Å²) in [6.45, 7) is 4.01. The molecule has 1 amide bonds. The van der Waals surface area contributed by atoms with Gasteiger partial charge in [0.2, 0.25) is 0 Å². The van der Waals surface area contributed by atoms with Gasteiger partial charge < -0.3 is 9.32 Å². The number of amides is 1. The maximum atomic E-state index is 12.9. The van der Waals surface area contributed by atoms with Crippen molar-refractivity contribution >= 4 is 40.1 Å². The van der Waals surface area contributed by atoms with Crippen molar-refractivity contribution in [2.75, 3.05) is 0 Å². The molecule has 122 valence electrons. The average molecular weight is 354 g/mol. The van der Waals surface area contributed by atoms with E-state index >= 15 is 0 Å². The minimum absolute atomic E-state index is 0.0245. The number of fused-ring (bicyclic) bond motifs is 1. The lowest BCUT2D eigenvalue weighted by Gasteiger charge is -2.38. The molecule has 2 aromatic rings. The molecule has 2 heterocycles. The monoisotopic (exact) mass is 353 g/mol. The van der Waals surface area contributed by atoms with Crippen molar-refractivity contribution in [1.29, 1.82) is 0 Å². The molecule has 1 aromatic carbocycles. The maximum absolute atomic E-state index is 12.9. The minimum atomic E-state index is -0.670. The Balaban J connectivity index is 2.10. The number of likely N-dealkylation sites (tertiary alicyclic amines) is 1. The fraction of sp³-hybridized carbons (Fsp3) is 0.412. The van der Waals surface area contributed by atoms with Gasteiger partial charge in [-0.15, -0.1) is 0 Å². The predicted octanol–water partition coefficient (Wildman–Crippen LogP) is 4.50. The Kier molecular flexibility index (Phi) is 4.39. The van der Waals surface area contributed by atoms with Gasteiger partial charge in [0.05, 0.1) is 5.02 Å². The molecule has 0 spiro atoms. The van der Waals surface area contributed by atoms with Gasteiger partial charge in [-0.05, 0) is 51.3 Å². The molecule has 6 heteroatoms. The van der Waals surface area contributed by atoms with Crippen LogP contribution in [0, 0.1) is 0 Å². The lowest BCUT2D eigenvalue weighted by atomic mass is 9.96. The van der Waals surface area contributed by atoms with E-state index in [4.69, 9.17) is 27.6 Å². The Morgan fingerprint density at radius 3 is 2.48 bits per heavy atom. The first kappa shape index (κ1) is 16.3. The quantitative estimate of drug-likeness (QED) is 0.709. The number of hydrogen-bond acceptors (Lipinski definition) is 3. The van der Waals surface area contributed by atoms with Crippen LogP contribution in [0.15, 0.2) is 27.4 Å². The van der Waals surface area contributed by atoms with Crippen LogP contribution in [-0.4, -0.2) is 22.9 Å². The molecule has 3 rings (SSSR count). The Labute approximate surface area is 144 Å². The second-order valence-corrected chi connectivity index (χ2v) is 6.94. The molecule has 0 bridgehead atoms. The third-order valence-electron chi connectivity index (χ3n) is 4.41. The zero-order valence-electron chi connectivity index (χ0n) is 12.9. The van der Waals surface area contributed by atoms with Gasteiger partial charge >= 0.3 is 5.63 Å². The number of benzene rings is 1. The normalized spacial score (nSPS) is 21.7. The van der Waals surface area contributed by atoms with E-state index in [2.05, 4.69) is 0 Å². The molecule has 1 fully saturated rings. The summed E-state index contributed by atoms with van der Waals surface area (Å²) in [5.74, 6) is -0.295. The smallest absolute Gasteiger partial charge is 0.349 e. The number of nitrogens with zero attached hydrogens (tertiary/aromatic N) is 1. The fourth-order valence-corrected chi connectivity index (χ4v) is 3.81. The molecule has 1 saturated heterocycles. The van der Waals surface area contributed by atoms with Crippen LogP contribution >= 0.6 is 23.2 Å². The lowest BCUT2D eigenvalue weighted by molar-refractivity contribution is 0.0506. The summed E-state index contributed by atoms with van der Waals surface area (Å²) in [5, 5.41) is 1.22. The highest BCUT2D eigenvalue weighted by Crippen LogP contribution is 2.29. The van der Waals surface area contributed by atoms with Crippen molar-refractivity contribution in [2.24, 2.45) is 0 Å². The zero-order valence-corrected chi connectivity index (χ0v) is 14.4. The molecule has 2 unspecified atom stereocenters. The Bertz CT molecular complexity index is 820. The summed E-state index contributed by atoms with van der Waals surface area (Å²) >= 11 is 12.0. The van der Waals surface area contributed by atoms with Gasteiger partial charge in [0, 0.05) is 22.5 Å². The van der Waals surface area contributed by atoms with E-state index in [1.807, 2.05) is 13.8 Å². The Hall–Kier alpha value is -1.52. The molecule has 0 radical (unpaired) electrons. The van der Waals surface area contributed by atoms with Crippen LogP contribution in [0.25, 0.3) is 11.0 Å². The molecule has 0 saturated carbocycles. The van der Waals surface area contributed by atoms with Gasteiger partial charge in [0.1, 0.15) is 5.56 Å². The fourth-order valence-electron chi connectivity index (χ4n) is 3.27. The van der Waals surface area contributed by atoms with Crippen molar-refractivity contribution in [3.05, 3.63) is 44.2 Å². The van der Waals surface area contributed by atoms with E-state index in [9.17, 15) is 9.59 Å². The number of piperidine rings is 1. The molecule has 4 nitrogen and oxygen atoms in total. The second kappa shape index (κ2) is 6.17. The summed E-state index contributed by atoms with van der Waals surface area (Å²) in [6, 6.07) is 4.86. The minimum Gasteiger partial charge on any atom is -0.421 e. The van der Waals surface area contributed by atoms with E-state index < -0.39 is 5.63 Å². The summed E-state index contributed by atoms with van der Waals surface area (Å²) < 4.78 is 5.27. The first-order valence-electron chi connectivity index (χ1n) is 7.64. The van der Waals surface area contributed by atoms with Gasteiger partial charge in [-0.3, -0.25) is 4.79 Å². The molecule has 2 atom stereocenters. The van der Waals surface area contributed by atoms with Crippen molar-refractivity contribution in [2.45, 2.75) is 45.2 Å². The molecule has 1 aliphatic heterocycles. The van der Waals surface area contributed by atoms with Crippen molar-refractivity contribution < 1.29 is 9.21 Å². The van der Waals surface area contributed by atoms with E-state index in [0.717, 1.165) is 19.3 Å². The molecular formula is C17H17Cl2NO3. The van der Waals surface area contributed by atoms with E-state index in [1.165, 1.54) is 12.1 Å². The summed E-state index contributed by atoms with van der Waals surface area (Å²) in [4.78, 5) is 26.9. The second-order valence-electron chi connectivity index (χ2n) is 6.09. The van der Waals surface area contributed by atoms with Crippen molar-refractivity contribution in [1.82, 2.24) is 4.90 Å². The van der Waals surface area contributed by atoms with Crippen LogP contribution in [0.3, 0.4) is 0 Å². The van der Waals surface area contributed by atoms with Crippen LogP contribution in [0.1, 0.15) is 43.5 Å². The lowest BCUT2D eigenvalue weighted by Crippen LogP contribution is -2.48. The standard InChI is InChI=1S/C17H17Cl2NO3/c1-9-4-3-5-10(2)20(9)16(21)13-7-11-6-12(18)8-14(19)15(11)23-17(13)22/h6-10H,3-5H2,1-2H3. The third-order valence-corrected chi connectivity index (χ3v) is 4.91. The topological polar surface area (TPSA) is 50.5 Å². The summed E-state index contributed by atoms with van der Waals surface area (Å²) in [7, 11) is 0. The molecule has 1 aliphatic rings. The maximum Gasteiger partial charge on any atom is 0.349 e. The van der Waals surface area contributed by atoms with Crippen LogP contribution in [0.5, 0.6) is 0 Å².